The molecule has 0 atom stereocenters. The normalized spacial score (nSPS) is 11.6. The molecule has 1 N–H and O–H groups in total. The SMILES string of the molecule is O/C(=C\c1ccc(F)cc1)Cc1ccc(F)cc1. The predicted molar refractivity (Wildman–Crippen MR) is 67.1 cm³/mol. The van der Waals surface area contributed by atoms with E-state index in [2.05, 4.69) is 0 Å². The van der Waals surface area contributed by atoms with E-state index in [1.54, 1.807) is 30.3 Å². The molecule has 0 heterocycles. The average molecular weight is 246 g/mol. The van der Waals surface area contributed by atoms with Crippen molar-refractivity contribution < 1.29 is 13.9 Å². The van der Waals surface area contributed by atoms with Gasteiger partial charge in [0.05, 0.1) is 5.76 Å². The smallest absolute Gasteiger partial charge is 0.123 e. The number of halogens is 2. The van der Waals surface area contributed by atoms with Crippen LogP contribution in [0.15, 0.2) is 54.3 Å². The first-order valence-electron chi connectivity index (χ1n) is 5.53. The Morgan fingerprint density at radius 1 is 0.889 bits per heavy atom. The second-order valence-corrected chi connectivity index (χ2v) is 3.99. The lowest BCUT2D eigenvalue weighted by molar-refractivity contribution is 0.404. The van der Waals surface area contributed by atoms with Gasteiger partial charge < -0.3 is 5.11 Å². The summed E-state index contributed by atoms with van der Waals surface area (Å²) >= 11 is 0. The van der Waals surface area contributed by atoms with E-state index < -0.39 is 0 Å². The van der Waals surface area contributed by atoms with Crippen LogP contribution in [0.25, 0.3) is 6.08 Å². The van der Waals surface area contributed by atoms with Crippen molar-refractivity contribution in [3.05, 3.63) is 77.1 Å². The summed E-state index contributed by atoms with van der Waals surface area (Å²) in [5.41, 5.74) is 1.53. The fraction of sp³-hybridized carbons (Fsp3) is 0.0667. The fourth-order valence-electron chi connectivity index (χ4n) is 1.61. The van der Waals surface area contributed by atoms with E-state index in [0.29, 0.717) is 6.42 Å². The summed E-state index contributed by atoms with van der Waals surface area (Å²) in [7, 11) is 0. The van der Waals surface area contributed by atoms with Crippen molar-refractivity contribution in [3.8, 4) is 0 Å². The summed E-state index contributed by atoms with van der Waals surface area (Å²) in [4.78, 5) is 0. The van der Waals surface area contributed by atoms with Gasteiger partial charge >= 0.3 is 0 Å². The number of benzene rings is 2. The molecule has 2 aromatic rings. The van der Waals surface area contributed by atoms with Crippen molar-refractivity contribution in [3.63, 3.8) is 0 Å². The highest BCUT2D eigenvalue weighted by Gasteiger charge is 1.99. The second kappa shape index (κ2) is 5.45. The van der Waals surface area contributed by atoms with Crippen LogP contribution in [-0.4, -0.2) is 5.11 Å². The third-order valence-corrected chi connectivity index (χ3v) is 2.50. The van der Waals surface area contributed by atoms with E-state index in [9.17, 15) is 13.9 Å². The van der Waals surface area contributed by atoms with E-state index in [4.69, 9.17) is 0 Å². The molecule has 2 aromatic carbocycles. The third-order valence-electron chi connectivity index (χ3n) is 2.50. The summed E-state index contributed by atoms with van der Waals surface area (Å²) < 4.78 is 25.4. The van der Waals surface area contributed by atoms with Gasteiger partial charge in [-0.15, -0.1) is 0 Å². The summed E-state index contributed by atoms with van der Waals surface area (Å²) in [6.07, 6.45) is 1.88. The molecule has 0 aliphatic heterocycles. The molecule has 0 aromatic heterocycles. The first-order chi connectivity index (χ1) is 8.63. The van der Waals surface area contributed by atoms with Gasteiger partial charge in [-0.1, -0.05) is 24.3 Å². The summed E-state index contributed by atoms with van der Waals surface area (Å²) in [5.74, 6) is -0.473. The molecule has 0 radical (unpaired) electrons. The Labute approximate surface area is 104 Å². The highest BCUT2D eigenvalue weighted by atomic mass is 19.1. The molecule has 92 valence electrons. The van der Waals surface area contributed by atoms with Gasteiger partial charge in [0, 0.05) is 6.42 Å². The maximum Gasteiger partial charge on any atom is 0.123 e. The maximum atomic E-state index is 12.7. The molecule has 0 saturated carbocycles. The van der Waals surface area contributed by atoms with Crippen LogP contribution in [0.2, 0.25) is 0 Å². The molecule has 0 aliphatic rings. The van der Waals surface area contributed by atoms with Gasteiger partial charge in [-0.05, 0) is 41.5 Å². The number of aliphatic hydroxyl groups is 1. The van der Waals surface area contributed by atoms with E-state index in [1.807, 2.05) is 0 Å². The molecule has 0 spiro atoms. The van der Waals surface area contributed by atoms with E-state index in [0.717, 1.165) is 11.1 Å². The number of allylic oxidation sites excluding steroid dienone is 1. The number of hydrogen-bond acceptors (Lipinski definition) is 1. The van der Waals surface area contributed by atoms with Crippen LogP contribution >= 0.6 is 0 Å². The Morgan fingerprint density at radius 2 is 1.39 bits per heavy atom. The largest absolute Gasteiger partial charge is 0.512 e. The lowest BCUT2D eigenvalue weighted by Gasteiger charge is -2.01. The van der Waals surface area contributed by atoms with E-state index in [-0.39, 0.29) is 17.4 Å². The molecule has 0 amide bonds. The molecule has 0 saturated heterocycles. The first kappa shape index (κ1) is 12.3. The Bertz CT molecular complexity index is 542. The quantitative estimate of drug-likeness (QED) is 0.808. The van der Waals surface area contributed by atoms with Crippen LogP contribution in [0.4, 0.5) is 8.78 Å². The second-order valence-electron chi connectivity index (χ2n) is 3.99. The third kappa shape index (κ3) is 3.42. The topological polar surface area (TPSA) is 20.2 Å². The molecule has 0 unspecified atom stereocenters. The van der Waals surface area contributed by atoms with Crippen LogP contribution < -0.4 is 0 Å². The van der Waals surface area contributed by atoms with Gasteiger partial charge in [0.2, 0.25) is 0 Å². The molecular weight excluding hydrogens is 234 g/mol. The van der Waals surface area contributed by atoms with Crippen LogP contribution in [0.1, 0.15) is 11.1 Å². The summed E-state index contributed by atoms with van der Waals surface area (Å²) in [6, 6.07) is 11.7. The molecule has 0 bridgehead atoms. The number of hydrogen-bond donors (Lipinski definition) is 1. The zero-order valence-electron chi connectivity index (χ0n) is 9.61. The van der Waals surface area contributed by atoms with Crippen molar-refractivity contribution in [1.82, 2.24) is 0 Å². The number of rotatable bonds is 3. The molecule has 0 fully saturated rings. The van der Waals surface area contributed by atoms with Crippen LogP contribution in [0.5, 0.6) is 0 Å². The average Bonchev–Trinajstić information content (AvgIpc) is 2.35. The van der Waals surface area contributed by atoms with Crippen molar-refractivity contribution in [1.29, 1.82) is 0 Å². The van der Waals surface area contributed by atoms with Crippen LogP contribution in [0.3, 0.4) is 0 Å². The summed E-state index contributed by atoms with van der Waals surface area (Å²) in [6.45, 7) is 0. The van der Waals surface area contributed by atoms with E-state index >= 15 is 0 Å². The minimum atomic E-state index is -0.315. The Morgan fingerprint density at radius 3 is 1.94 bits per heavy atom. The van der Waals surface area contributed by atoms with E-state index in [1.165, 1.54) is 24.3 Å². The van der Waals surface area contributed by atoms with Gasteiger partial charge in [0.25, 0.3) is 0 Å². The van der Waals surface area contributed by atoms with Gasteiger partial charge in [0.1, 0.15) is 11.6 Å². The molecular formula is C15H12F2O. The standard InChI is InChI=1S/C15H12F2O/c16-13-5-1-11(2-6-13)9-15(18)10-12-3-7-14(17)8-4-12/h1-9,18H,10H2/b15-9-. The van der Waals surface area contributed by atoms with Crippen LogP contribution in [-0.2, 0) is 6.42 Å². The molecule has 2 rings (SSSR count). The zero-order valence-corrected chi connectivity index (χ0v) is 9.61. The number of aliphatic hydroxyl groups excluding tert-OH is 1. The highest BCUT2D eigenvalue weighted by molar-refractivity contribution is 5.51. The van der Waals surface area contributed by atoms with Gasteiger partial charge in [-0.25, -0.2) is 8.78 Å². The fourth-order valence-corrected chi connectivity index (χ4v) is 1.61. The minimum absolute atomic E-state index is 0.146. The van der Waals surface area contributed by atoms with Gasteiger partial charge in [-0.2, -0.15) is 0 Å². The Kier molecular flexibility index (Phi) is 3.72. The lowest BCUT2D eigenvalue weighted by Crippen LogP contribution is -1.90. The predicted octanol–water partition coefficient (Wildman–Crippen LogP) is 4.11. The van der Waals surface area contributed by atoms with Gasteiger partial charge in [-0.3, -0.25) is 0 Å². The van der Waals surface area contributed by atoms with Gasteiger partial charge in [0.15, 0.2) is 0 Å². The molecule has 1 nitrogen and oxygen atoms in total. The Balaban J connectivity index is 2.09. The van der Waals surface area contributed by atoms with Crippen molar-refractivity contribution in [2.45, 2.75) is 6.42 Å². The molecule has 18 heavy (non-hydrogen) atoms. The Hall–Kier alpha value is -2.16. The van der Waals surface area contributed by atoms with Crippen LogP contribution in [0, 0.1) is 11.6 Å². The first-order valence-corrected chi connectivity index (χ1v) is 5.53. The molecule has 0 aliphatic carbocycles. The highest BCUT2D eigenvalue weighted by Crippen LogP contribution is 2.12. The summed E-state index contributed by atoms with van der Waals surface area (Å²) in [5, 5.41) is 9.77. The van der Waals surface area contributed by atoms with Crippen molar-refractivity contribution in [2.24, 2.45) is 0 Å². The maximum absolute atomic E-state index is 12.7. The van der Waals surface area contributed by atoms with Crippen molar-refractivity contribution in [2.75, 3.05) is 0 Å². The minimum Gasteiger partial charge on any atom is -0.512 e. The van der Waals surface area contributed by atoms with Crippen molar-refractivity contribution >= 4 is 6.08 Å². The lowest BCUT2D eigenvalue weighted by atomic mass is 10.1. The monoisotopic (exact) mass is 246 g/mol. The molecule has 3 heteroatoms. The zero-order chi connectivity index (χ0) is 13.0.